The van der Waals surface area contributed by atoms with Gasteiger partial charge in [-0.1, -0.05) is 316 Å². The minimum Gasteiger partial charge on any atom is -0.462 e. The highest BCUT2D eigenvalue weighted by molar-refractivity contribution is 5.71. The van der Waals surface area contributed by atoms with Crippen LogP contribution in [0.25, 0.3) is 0 Å². The molecule has 0 saturated heterocycles. The first kappa shape index (κ1) is 76.1. The van der Waals surface area contributed by atoms with Crippen molar-refractivity contribution in [1.82, 2.24) is 0 Å². The molecule has 0 aliphatic carbocycles. The SMILES string of the molecule is CC/C=C\C/C=C\C/C=C\C/C=C\C/C=C\C/C=C\CCC(=O)OC(COC(=O)CCCCCCCCCCCCCC/C=C\C/C=C\C/C=C\CCCCCCC)COC(=O)CCCCCCCCCCCCCCCCCC. The van der Waals surface area contributed by atoms with Crippen LogP contribution in [0.2, 0.25) is 0 Å². The molecule has 0 N–H and O–H groups in total. The highest BCUT2D eigenvalue weighted by atomic mass is 16.6. The molecule has 0 bridgehead atoms. The number of esters is 3. The Morgan fingerprint density at radius 1 is 0.263 bits per heavy atom. The average Bonchev–Trinajstić information content (AvgIpc) is 3.46. The fourth-order valence-corrected chi connectivity index (χ4v) is 9.48. The summed E-state index contributed by atoms with van der Waals surface area (Å²) < 4.78 is 16.9. The maximum absolute atomic E-state index is 12.9. The molecule has 0 aliphatic rings. The standard InChI is InChI=1S/C74H126O6/c1-4-7-10-13-16-19-22-25-28-31-33-34-35-36-37-38-39-40-42-43-46-49-52-55-58-61-64-67-73(76)79-70-71(69-78-72(75)66-63-60-57-54-51-48-45-30-27-24-21-18-15-12-9-6-3)80-74(77)68-65-62-59-56-53-50-47-44-41-32-29-26-23-20-17-14-11-8-5-2/h8,11,17,20,22,25-26,29,31,33,35-36,41,44,50,53,59,62,71H,4-7,9-10,12-16,18-19,21,23-24,27-28,30,32,34,37-40,42-43,45-49,51-52,54-58,60-61,63-70H2,1-3H3/b11-8-,20-17-,25-22-,29-26-,33-31-,36-35-,44-41-,53-50-,62-59-. The Labute approximate surface area is 495 Å². The fraction of sp³-hybridized carbons (Fsp3) is 0.716. The Morgan fingerprint density at radius 3 is 0.812 bits per heavy atom. The van der Waals surface area contributed by atoms with Crippen LogP contribution in [0, 0.1) is 0 Å². The van der Waals surface area contributed by atoms with Crippen molar-refractivity contribution in [3.63, 3.8) is 0 Å². The van der Waals surface area contributed by atoms with Crippen LogP contribution in [-0.4, -0.2) is 37.2 Å². The maximum atomic E-state index is 12.9. The molecule has 80 heavy (non-hydrogen) atoms. The van der Waals surface area contributed by atoms with Gasteiger partial charge in [-0.25, -0.2) is 0 Å². The first-order chi connectivity index (χ1) is 39.5. The number of unbranched alkanes of at least 4 members (excludes halogenated alkanes) is 32. The summed E-state index contributed by atoms with van der Waals surface area (Å²) in [7, 11) is 0. The van der Waals surface area contributed by atoms with E-state index in [1.54, 1.807) is 0 Å². The van der Waals surface area contributed by atoms with Gasteiger partial charge in [0.05, 0.1) is 0 Å². The predicted molar refractivity (Wildman–Crippen MR) is 348 cm³/mol. The molecule has 0 amide bonds. The predicted octanol–water partition coefficient (Wildman–Crippen LogP) is 23.4. The fourth-order valence-electron chi connectivity index (χ4n) is 9.48. The molecule has 0 heterocycles. The minimum atomic E-state index is -0.821. The Balaban J connectivity index is 4.40. The zero-order chi connectivity index (χ0) is 57.8. The molecule has 458 valence electrons. The molecular formula is C74H126O6. The lowest BCUT2D eigenvalue weighted by Crippen LogP contribution is -2.30. The molecule has 0 radical (unpaired) electrons. The summed E-state index contributed by atoms with van der Waals surface area (Å²) in [5, 5.41) is 0. The summed E-state index contributed by atoms with van der Waals surface area (Å²) >= 11 is 0. The Hall–Kier alpha value is -3.93. The van der Waals surface area contributed by atoms with Gasteiger partial charge in [-0.05, 0) is 96.3 Å². The van der Waals surface area contributed by atoms with Gasteiger partial charge in [-0.15, -0.1) is 0 Å². The Morgan fingerprint density at radius 2 is 0.512 bits per heavy atom. The lowest BCUT2D eigenvalue weighted by Gasteiger charge is -2.18. The topological polar surface area (TPSA) is 78.9 Å². The van der Waals surface area contributed by atoms with Crippen LogP contribution in [0.4, 0.5) is 0 Å². The second kappa shape index (κ2) is 67.6. The number of hydrogen-bond donors (Lipinski definition) is 0. The number of carbonyl (C=O) groups excluding carboxylic acids is 3. The van der Waals surface area contributed by atoms with Gasteiger partial charge < -0.3 is 14.2 Å². The molecule has 0 aromatic rings. The van der Waals surface area contributed by atoms with E-state index in [1.165, 1.54) is 186 Å². The number of hydrogen-bond acceptors (Lipinski definition) is 6. The van der Waals surface area contributed by atoms with Crippen molar-refractivity contribution in [3.05, 3.63) is 109 Å². The van der Waals surface area contributed by atoms with Gasteiger partial charge in [0.25, 0.3) is 0 Å². The van der Waals surface area contributed by atoms with Gasteiger partial charge in [0, 0.05) is 19.3 Å². The highest BCUT2D eigenvalue weighted by Gasteiger charge is 2.19. The molecule has 0 saturated carbocycles. The second-order valence-electron chi connectivity index (χ2n) is 22.4. The van der Waals surface area contributed by atoms with Gasteiger partial charge in [-0.2, -0.15) is 0 Å². The molecule has 0 fully saturated rings. The molecule has 0 aromatic carbocycles. The number of ether oxygens (including phenoxy) is 3. The van der Waals surface area contributed by atoms with Crippen LogP contribution < -0.4 is 0 Å². The largest absolute Gasteiger partial charge is 0.462 e. The second-order valence-corrected chi connectivity index (χ2v) is 22.4. The molecule has 1 atom stereocenters. The van der Waals surface area contributed by atoms with E-state index >= 15 is 0 Å². The van der Waals surface area contributed by atoms with Crippen molar-refractivity contribution in [1.29, 1.82) is 0 Å². The van der Waals surface area contributed by atoms with Gasteiger partial charge >= 0.3 is 17.9 Å². The van der Waals surface area contributed by atoms with E-state index in [-0.39, 0.29) is 37.5 Å². The normalized spacial score (nSPS) is 12.8. The summed E-state index contributed by atoms with van der Waals surface area (Å²) in [6.07, 6.45) is 92.6. The first-order valence-corrected chi connectivity index (χ1v) is 33.9. The van der Waals surface area contributed by atoms with Crippen LogP contribution in [0.5, 0.6) is 0 Å². The van der Waals surface area contributed by atoms with E-state index in [1.807, 2.05) is 6.08 Å². The monoisotopic (exact) mass is 1110 g/mol. The van der Waals surface area contributed by atoms with Crippen molar-refractivity contribution in [2.45, 2.75) is 329 Å². The Bertz CT molecular complexity index is 1610. The summed E-state index contributed by atoms with van der Waals surface area (Å²) in [6, 6.07) is 0. The van der Waals surface area contributed by atoms with Crippen molar-refractivity contribution < 1.29 is 28.6 Å². The first-order valence-electron chi connectivity index (χ1n) is 33.9. The number of allylic oxidation sites excluding steroid dienone is 18. The van der Waals surface area contributed by atoms with Crippen LogP contribution in [0.15, 0.2) is 109 Å². The zero-order valence-corrected chi connectivity index (χ0v) is 52.6. The van der Waals surface area contributed by atoms with E-state index < -0.39 is 6.10 Å². The summed E-state index contributed by atoms with van der Waals surface area (Å²) in [6.45, 7) is 6.49. The summed E-state index contributed by atoms with van der Waals surface area (Å²) in [5.41, 5.74) is 0. The molecule has 1 unspecified atom stereocenters. The van der Waals surface area contributed by atoms with Gasteiger partial charge in [0.2, 0.25) is 0 Å². The molecule has 0 rings (SSSR count). The maximum Gasteiger partial charge on any atom is 0.306 e. The van der Waals surface area contributed by atoms with Gasteiger partial charge in [-0.3, -0.25) is 14.4 Å². The van der Waals surface area contributed by atoms with Crippen LogP contribution in [-0.2, 0) is 28.6 Å². The van der Waals surface area contributed by atoms with E-state index in [0.29, 0.717) is 19.3 Å². The third-order valence-electron chi connectivity index (χ3n) is 14.5. The lowest BCUT2D eigenvalue weighted by atomic mass is 10.0. The smallest absolute Gasteiger partial charge is 0.306 e. The molecule has 0 spiro atoms. The van der Waals surface area contributed by atoms with Crippen molar-refractivity contribution in [2.24, 2.45) is 0 Å². The summed E-state index contributed by atoms with van der Waals surface area (Å²) in [5.74, 6) is -0.982. The Kier molecular flexibility index (Phi) is 64.3. The average molecular weight is 1110 g/mol. The third kappa shape index (κ3) is 64.9. The zero-order valence-electron chi connectivity index (χ0n) is 52.6. The van der Waals surface area contributed by atoms with Crippen LogP contribution in [0.1, 0.15) is 323 Å². The molecule has 0 aromatic heterocycles. The van der Waals surface area contributed by atoms with E-state index in [2.05, 4.69) is 124 Å². The van der Waals surface area contributed by atoms with Crippen molar-refractivity contribution in [2.75, 3.05) is 13.2 Å². The molecule has 6 nitrogen and oxygen atoms in total. The third-order valence-corrected chi connectivity index (χ3v) is 14.5. The summed E-state index contributed by atoms with van der Waals surface area (Å²) in [4.78, 5) is 38.4. The van der Waals surface area contributed by atoms with Gasteiger partial charge in [0.15, 0.2) is 6.10 Å². The van der Waals surface area contributed by atoms with E-state index in [4.69, 9.17) is 14.2 Å². The van der Waals surface area contributed by atoms with E-state index in [0.717, 1.165) is 89.9 Å². The lowest BCUT2D eigenvalue weighted by molar-refractivity contribution is -0.166. The van der Waals surface area contributed by atoms with E-state index in [9.17, 15) is 14.4 Å². The number of carbonyl (C=O) groups is 3. The minimum absolute atomic E-state index is 0.107. The highest BCUT2D eigenvalue weighted by Crippen LogP contribution is 2.17. The number of rotatable bonds is 61. The van der Waals surface area contributed by atoms with Crippen molar-refractivity contribution >= 4 is 17.9 Å². The molecule has 6 heteroatoms. The van der Waals surface area contributed by atoms with Crippen LogP contribution in [0.3, 0.4) is 0 Å². The molecule has 0 aliphatic heterocycles. The van der Waals surface area contributed by atoms with Crippen molar-refractivity contribution in [3.8, 4) is 0 Å². The quantitative estimate of drug-likeness (QED) is 0.0261. The van der Waals surface area contributed by atoms with Gasteiger partial charge in [0.1, 0.15) is 13.2 Å². The van der Waals surface area contributed by atoms with Crippen LogP contribution >= 0.6 is 0 Å². The molecular weight excluding hydrogens is 985 g/mol.